The van der Waals surface area contributed by atoms with Crippen molar-refractivity contribution in [2.75, 3.05) is 6.54 Å². The number of aromatic nitrogens is 3. The van der Waals surface area contributed by atoms with Crippen LogP contribution in [0.15, 0.2) is 54.7 Å². The number of nitrogens with zero attached hydrogens (tertiary/aromatic N) is 3. The van der Waals surface area contributed by atoms with Crippen molar-refractivity contribution in [2.24, 2.45) is 0 Å². The zero-order valence-electron chi connectivity index (χ0n) is 25.3. The molecule has 2 fully saturated rings. The zero-order chi connectivity index (χ0) is 30.3. The molecule has 1 N–H and O–H groups in total. The number of hydrogen-bond acceptors (Lipinski definition) is 5. The number of carbonyl (C=O) groups excluding carboxylic acids is 1. The Morgan fingerprint density at radius 1 is 1.09 bits per heavy atom. The van der Waals surface area contributed by atoms with Gasteiger partial charge >= 0.3 is 6.09 Å². The molecule has 0 spiro atoms. The molecule has 3 aliphatic rings. The second-order valence-electron chi connectivity index (χ2n) is 13.3. The van der Waals surface area contributed by atoms with Crippen LogP contribution in [-0.4, -0.2) is 37.7 Å². The van der Waals surface area contributed by atoms with Gasteiger partial charge in [-0.2, -0.15) is 0 Å². The second kappa shape index (κ2) is 9.95. The normalized spacial score (nSPS) is 19.6. The first-order valence-electron chi connectivity index (χ1n) is 15.4. The van der Waals surface area contributed by atoms with E-state index < -0.39 is 5.60 Å². The van der Waals surface area contributed by atoms with E-state index in [4.69, 9.17) is 14.5 Å². The van der Waals surface area contributed by atoms with Crippen LogP contribution in [0.2, 0.25) is 0 Å². The molecule has 2 unspecified atom stereocenters. The molecule has 2 atom stereocenters. The number of halogens is 1. The highest BCUT2D eigenvalue weighted by atomic mass is 32.1. The lowest BCUT2D eigenvalue weighted by Gasteiger charge is -2.30. The molecule has 2 aromatic carbocycles. The molecular formula is C35H35FN4O3S. The quantitative estimate of drug-likeness (QED) is 0.220. The van der Waals surface area contributed by atoms with Crippen LogP contribution in [0.5, 0.6) is 5.75 Å². The number of rotatable bonds is 4. The number of hydrogen-bond donors (Lipinski definition) is 1. The van der Waals surface area contributed by atoms with Gasteiger partial charge < -0.3 is 14.5 Å². The molecule has 1 saturated carbocycles. The standard InChI is InChI=1S/C35H35FN4O3S/c1-19-14-23(36)31-27-17-22-16-21(24-18-37-32(38-24)26-6-5-13-39(26)34(41)43-35(2,3)4)9-10-25(22)40(27)33(42-28(31)15-19)30-12-11-29(44-30)20-7-8-20/h9-12,14-18,20,26,33H,5-8,13H2,1-4H3,(H,37,38). The summed E-state index contributed by atoms with van der Waals surface area (Å²) in [4.78, 5) is 25.3. The molecule has 8 rings (SSSR count). The van der Waals surface area contributed by atoms with E-state index >= 15 is 4.39 Å². The molecule has 44 heavy (non-hydrogen) atoms. The summed E-state index contributed by atoms with van der Waals surface area (Å²) in [5.74, 6) is 1.71. The number of imidazole rings is 1. The number of likely N-dealkylation sites (tertiary alicyclic amines) is 1. The second-order valence-corrected chi connectivity index (χ2v) is 14.4. The van der Waals surface area contributed by atoms with Crippen LogP contribution in [0.4, 0.5) is 9.18 Å². The largest absolute Gasteiger partial charge is 0.464 e. The molecule has 0 bridgehead atoms. The third-order valence-electron chi connectivity index (χ3n) is 8.74. The van der Waals surface area contributed by atoms with Gasteiger partial charge in [0.2, 0.25) is 6.23 Å². The van der Waals surface area contributed by atoms with Crippen LogP contribution in [0, 0.1) is 12.7 Å². The van der Waals surface area contributed by atoms with Crippen LogP contribution < -0.4 is 4.74 Å². The molecule has 1 saturated heterocycles. The van der Waals surface area contributed by atoms with Crippen LogP contribution in [0.1, 0.15) is 85.8 Å². The summed E-state index contributed by atoms with van der Waals surface area (Å²) in [6, 6.07) is 16.1. The fourth-order valence-electron chi connectivity index (χ4n) is 6.59. The predicted molar refractivity (Wildman–Crippen MR) is 170 cm³/mol. The van der Waals surface area contributed by atoms with Crippen molar-refractivity contribution in [3.05, 3.63) is 81.7 Å². The van der Waals surface area contributed by atoms with Crippen molar-refractivity contribution in [1.29, 1.82) is 0 Å². The number of nitrogens with one attached hydrogen (secondary N) is 1. The molecule has 9 heteroatoms. The highest BCUT2D eigenvalue weighted by molar-refractivity contribution is 7.12. The molecule has 7 nitrogen and oxygen atoms in total. The Balaban J connectivity index is 1.17. The summed E-state index contributed by atoms with van der Waals surface area (Å²) in [5.41, 5.74) is 4.40. The molecule has 1 aliphatic carbocycles. The van der Waals surface area contributed by atoms with Gasteiger partial charge in [0.25, 0.3) is 0 Å². The number of aryl methyl sites for hydroxylation is 1. The minimum Gasteiger partial charge on any atom is -0.464 e. The van der Waals surface area contributed by atoms with E-state index in [1.807, 2.05) is 40.0 Å². The summed E-state index contributed by atoms with van der Waals surface area (Å²) < 4.78 is 29.9. The Bertz CT molecular complexity index is 1930. The number of amides is 1. The lowest BCUT2D eigenvalue weighted by Crippen LogP contribution is -2.36. The Labute approximate surface area is 259 Å². The lowest BCUT2D eigenvalue weighted by atomic mass is 10.0. The SMILES string of the molecule is Cc1cc(F)c2c(c1)OC(c1ccc(C3CC3)s1)n1c-2cc2cc(-c3cnc(C4CCCN4C(=O)OC(C)(C)C)[nH]3)ccc21. The van der Waals surface area contributed by atoms with E-state index in [2.05, 4.69) is 45.9 Å². The fraction of sp³-hybridized carbons (Fsp3) is 0.371. The molecule has 5 aromatic rings. The number of ether oxygens (including phenoxy) is 2. The maximum absolute atomic E-state index is 15.5. The molecule has 1 amide bonds. The number of thiophene rings is 1. The Morgan fingerprint density at radius 3 is 2.70 bits per heavy atom. The number of carbonyl (C=O) groups is 1. The van der Waals surface area contributed by atoms with E-state index in [1.165, 1.54) is 17.7 Å². The van der Waals surface area contributed by atoms with Crippen LogP contribution >= 0.6 is 11.3 Å². The highest BCUT2D eigenvalue weighted by Crippen LogP contribution is 2.49. The van der Waals surface area contributed by atoms with Crippen LogP contribution in [-0.2, 0) is 4.74 Å². The molecule has 2 aliphatic heterocycles. The molecular weight excluding hydrogens is 575 g/mol. The zero-order valence-corrected chi connectivity index (χ0v) is 26.1. The first-order chi connectivity index (χ1) is 21.1. The summed E-state index contributed by atoms with van der Waals surface area (Å²) >= 11 is 1.80. The number of H-pyrrole nitrogens is 1. The first kappa shape index (κ1) is 27.4. The Morgan fingerprint density at radius 2 is 1.91 bits per heavy atom. The molecule has 5 heterocycles. The van der Waals surface area contributed by atoms with Gasteiger partial charge in [0.15, 0.2) is 0 Å². The van der Waals surface area contributed by atoms with Crippen molar-refractivity contribution in [3.63, 3.8) is 0 Å². The van der Waals surface area contributed by atoms with Gasteiger partial charge in [-0.15, -0.1) is 11.3 Å². The van der Waals surface area contributed by atoms with Gasteiger partial charge in [0, 0.05) is 22.4 Å². The predicted octanol–water partition coefficient (Wildman–Crippen LogP) is 9.10. The van der Waals surface area contributed by atoms with Gasteiger partial charge in [-0.1, -0.05) is 6.07 Å². The van der Waals surface area contributed by atoms with E-state index in [0.29, 0.717) is 23.8 Å². The van der Waals surface area contributed by atoms with Gasteiger partial charge in [0.05, 0.1) is 39.6 Å². The van der Waals surface area contributed by atoms with Crippen LogP contribution in [0.25, 0.3) is 33.4 Å². The van der Waals surface area contributed by atoms with Gasteiger partial charge in [-0.3, -0.25) is 9.47 Å². The van der Waals surface area contributed by atoms with Crippen molar-refractivity contribution in [1.82, 2.24) is 19.4 Å². The molecule has 0 radical (unpaired) electrons. The number of aromatic amines is 1. The number of fused-ring (bicyclic) bond motifs is 5. The topological polar surface area (TPSA) is 72.4 Å². The molecule has 226 valence electrons. The van der Waals surface area contributed by atoms with E-state index in [9.17, 15) is 4.79 Å². The minimum absolute atomic E-state index is 0.156. The van der Waals surface area contributed by atoms with Crippen molar-refractivity contribution in [3.8, 4) is 28.3 Å². The van der Waals surface area contributed by atoms with E-state index in [1.54, 1.807) is 22.3 Å². The van der Waals surface area contributed by atoms with Crippen molar-refractivity contribution < 1.29 is 18.7 Å². The highest BCUT2D eigenvalue weighted by Gasteiger charge is 2.36. The lowest BCUT2D eigenvalue weighted by molar-refractivity contribution is 0.0218. The summed E-state index contributed by atoms with van der Waals surface area (Å²) in [7, 11) is 0. The van der Waals surface area contributed by atoms with Gasteiger partial charge in [-0.25, -0.2) is 14.2 Å². The number of benzene rings is 2. The molecule has 3 aromatic heterocycles. The Kier molecular flexibility index (Phi) is 6.21. The van der Waals surface area contributed by atoms with Gasteiger partial charge in [0.1, 0.15) is 23.0 Å². The minimum atomic E-state index is -0.556. The maximum atomic E-state index is 15.5. The smallest absolute Gasteiger partial charge is 0.410 e. The van der Waals surface area contributed by atoms with Crippen molar-refractivity contribution in [2.45, 2.75) is 77.2 Å². The summed E-state index contributed by atoms with van der Waals surface area (Å²) in [5, 5.41) is 0.991. The maximum Gasteiger partial charge on any atom is 0.410 e. The average molecular weight is 611 g/mol. The summed E-state index contributed by atoms with van der Waals surface area (Å²) in [6.07, 6.45) is 5.35. The van der Waals surface area contributed by atoms with Crippen LogP contribution in [0.3, 0.4) is 0 Å². The van der Waals surface area contributed by atoms with Crippen molar-refractivity contribution >= 4 is 28.3 Å². The third-order valence-corrected chi connectivity index (χ3v) is 10.0. The van der Waals surface area contributed by atoms with E-state index in [-0.39, 0.29) is 24.2 Å². The first-order valence-corrected chi connectivity index (χ1v) is 16.2. The summed E-state index contributed by atoms with van der Waals surface area (Å²) in [6.45, 7) is 8.18. The average Bonchev–Trinajstić information content (AvgIpc) is 3.39. The van der Waals surface area contributed by atoms with E-state index in [0.717, 1.165) is 57.0 Å². The monoisotopic (exact) mass is 610 g/mol. The fourth-order valence-corrected chi connectivity index (χ4v) is 7.79. The third kappa shape index (κ3) is 4.69. The van der Waals surface area contributed by atoms with Gasteiger partial charge in [-0.05, 0) is 107 Å². The Hall–Kier alpha value is -4.11.